The van der Waals surface area contributed by atoms with Crippen LogP contribution < -0.4 is 5.32 Å². The molecule has 0 spiro atoms. The molecule has 18 heavy (non-hydrogen) atoms. The first-order valence-corrected chi connectivity index (χ1v) is 6.88. The van der Waals surface area contributed by atoms with Gasteiger partial charge in [-0.1, -0.05) is 25.1 Å². The number of oxazole rings is 1. The molecule has 4 heteroatoms. The van der Waals surface area contributed by atoms with Crippen LogP contribution in [0.5, 0.6) is 0 Å². The lowest BCUT2D eigenvalue weighted by atomic mass is 10.2. The molecule has 3 nitrogen and oxygen atoms in total. The Hall–Kier alpha value is -1.65. The van der Waals surface area contributed by atoms with Crippen molar-refractivity contribution in [2.24, 2.45) is 0 Å². The van der Waals surface area contributed by atoms with Crippen LogP contribution in [0.3, 0.4) is 0 Å². The Morgan fingerprint density at radius 3 is 3.11 bits per heavy atom. The summed E-state index contributed by atoms with van der Waals surface area (Å²) >= 11 is 1.72. The lowest BCUT2D eigenvalue weighted by Gasteiger charge is -1.94. The van der Waals surface area contributed by atoms with Crippen LogP contribution >= 0.6 is 11.3 Å². The van der Waals surface area contributed by atoms with E-state index in [1.807, 2.05) is 6.07 Å². The van der Waals surface area contributed by atoms with Crippen LogP contribution in [0.25, 0.3) is 21.5 Å². The fraction of sp³-hybridized carbons (Fsp3) is 0.214. The van der Waals surface area contributed by atoms with Crippen LogP contribution in [0.4, 0.5) is 0 Å². The van der Waals surface area contributed by atoms with Crippen LogP contribution in [0.2, 0.25) is 0 Å². The zero-order valence-electron chi connectivity index (χ0n) is 10.1. The van der Waals surface area contributed by atoms with Gasteiger partial charge in [0.2, 0.25) is 5.89 Å². The van der Waals surface area contributed by atoms with Crippen LogP contribution in [-0.2, 0) is 6.54 Å². The van der Waals surface area contributed by atoms with Gasteiger partial charge in [-0.05, 0) is 12.6 Å². The molecule has 0 atom stereocenters. The van der Waals surface area contributed by atoms with Gasteiger partial charge >= 0.3 is 0 Å². The molecule has 92 valence electrons. The standard InChI is InChI=1S/C14H14N2OS/c1-2-15-7-10-8-17-14(16-10)12-9-18-13-6-4-3-5-11(12)13/h3-6,8-9,15H,2,7H2,1H3. The van der Waals surface area contributed by atoms with E-state index in [9.17, 15) is 0 Å². The maximum absolute atomic E-state index is 5.57. The van der Waals surface area contributed by atoms with Crippen LogP contribution in [0.15, 0.2) is 40.3 Å². The smallest absolute Gasteiger partial charge is 0.227 e. The van der Waals surface area contributed by atoms with E-state index in [4.69, 9.17) is 4.42 Å². The molecule has 0 saturated carbocycles. The second kappa shape index (κ2) is 4.92. The number of nitrogens with zero attached hydrogens (tertiary/aromatic N) is 1. The topological polar surface area (TPSA) is 38.1 Å². The van der Waals surface area contributed by atoms with Crippen LogP contribution in [-0.4, -0.2) is 11.5 Å². The molecule has 0 aliphatic heterocycles. The number of benzene rings is 1. The fourth-order valence-electron chi connectivity index (χ4n) is 1.91. The largest absolute Gasteiger partial charge is 0.444 e. The Morgan fingerprint density at radius 2 is 2.22 bits per heavy atom. The van der Waals surface area contributed by atoms with Gasteiger partial charge in [0.15, 0.2) is 0 Å². The van der Waals surface area contributed by atoms with Gasteiger partial charge in [0.25, 0.3) is 0 Å². The van der Waals surface area contributed by atoms with Crippen molar-refractivity contribution in [3.8, 4) is 11.5 Å². The fourth-order valence-corrected chi connectivity index (χ4v) is 2.84. The van der Waals surface area contributed by atoms with Gasteiger partial charge < -0.3 is 9.73 Å². The minimum absolute atomic E-state index is 0.709. The minimum atomic E-state index is 0.709. The molecule has 0 saturated heterocycles. The van der Waals surface area contributed by atoms with Crippen LogP contribution in [0.1, 0.15) is 12.6 Å². The van der Waals surface area contributed by atoms with Gasteiger partial charge in [-0.15, -0.1) is 11.3 Å². The first-order chi connectivity index (χ1) is 8.88. The zero-order chi connectivity index (χ0) is 12.4. The molecule has 0 unspecified atom stereocenters. The lowest BCUT2D eigenvalue weighted by Crippen LogP contribution is -2.11. The summed E-state index contributed by atoms with van der Waals surface area (Å²) in [7, 11) is 0. The first kappa shape index (κ1) is 11.4. The van der Waals surface area contributed by atoms with Gasteiger partial charge in [0.1, 0.15) is 6.26 Å². The van der Waals surface area contributed by atoms with E-state index < -0.39 is 0 Å². The van der Waals surface area contributed by atoms with E-state index in [-0.39, 0.29) is 0 Å². The maximum atomic E-state index is 5.57. The average Bonchev–Trinajstić information content (AvgIpc) is 3.02. The predicted molar refractivity (Wildman–Crippen MR) is 74.7 cm³/mol. The van der Waals surface area contributed by atoms with Crippen molar-refractivity contribution >= 4 is 21.4 Å². The Balaban J connectivity index is 1.96. The van der Waals surface area contributed by atoms with Crippen molar-refractivity contribution in [2.45, 2.75) is 13.5 Å². The van der Waals surface area contributed by atoms with Gasteiger partial charge in [0.05, 0.1) is 11.3 Å². The number of hydrogen-bond acceptors (Lipinski definition) is 4. The highest BCUT2D eigenvalue weighted by atomic mass is 32.1. The molecule has 2 aromatic heterocycles. The Kier molecular flexibility index (Phi) is 3.13. The third kappa shape index (κ3) is 2.05. The van der Waals surface area contributed by atoms with E-state index in [0.29, 0.717) is 5.89 Å². The summed E-state index contributed by atoms with van der Waals surface area (Å²) in [5.41, 5.74) is 2.03. The van der Waals surface area contributed by atoms with E-state index in [2.05, 4.69) is 40.8 Å². The number of hydrogen-bond donors (Lipinski definition) is 1. The molecule has 0 amide bonds. The Morgan fingerprint density at radius 1 is 1.33 bits per heavy atom. The SMILES string of the molecule is CCNCc1coc(-c2csc3ccccc23)n1. The molecule has 0 radical (unpaired) electrons. The highest BCUT2D eigenvalue weighted by Crippen LogP contribution is 2.33. The average molecular weight is 258 g/mol. The van der Waals surface area contributed by atoms with Crippen molar-refractivity contribution in [2.75, 3.05) is 6.54 Å². The molecule has 3 rings (SSSR count). The van der Waals surface area contributed by atoms with E-state index in [0.717, 1.165) is 24.3 Å². The number of nitrogens with one attached hydrogen (secondary N) is 1. The number of aromatic nitrogens is 1. The number of fused-ring (bicyclic) bond motifs is 1. The van der Waals surface area contributed by atoms with E-state index >= 15 is 0 Å². The van der Waals surface area contributed by atoms with E-state index in [1.165, 1.54) is 10.1 Å². The van der Waals surface area contributed by atoms with Gasteiger partial charge in [0, 0.05) is 22.0 Å². The van der Waals surface area contributed by atoms with Crippen molar-refractivity contribution in [1.29, 1.82) is 0 Å². The summed E-state index contributed by atoms with van der Waals surface area (Å²) < 4.78 is 6.83. The summed E-state index contributed by atoms with van der Waals surface area (Å²) in [5, 5.41) is 6.55. The number of thiophene rings is 1. The molecule has 2 heterocycles. The molecule has 0 fully saturated rings. The predicted octanol–water partition coefficient (Wildman–Crippen LogP) is 3.67. The quantitative estimate of drug-likeness (QED) is 0.776. The normalized spacial score (nSPS) is 11.2. The van der Waals surface area contributed by atoms with Crippen molar-refractivity contribution in [1.82, 2.24) is 10.3 Å². The van der Waals surface area contributed by atoms with Crippen molar-refractivity contribution < 1.29 is 4.42 Å². The molecule has 0 aliphatic carbocycles. The van der Waals surface area contributed by atoms with Crippen LogP contribution in [0, 0.1) is 0 Å². The lowest BCUT2D eigenvalue weighted by molar-refractivity contribution is 0.571. The molecule has 0 aliphatic rings. The summed E-state index contributed by atoms with van der Waals surface area (Å²) in [4.78, 5) is 4.52. The summed E-state index contributed by atoms with van der Waals surface area (Å²) in [5.74, 6) is 0.709. The van der Waals surface area contributed by atoms with Gasteiger partial charge in [-0.25, -0.2) is 4.98 Å². The Bertz CT molecular complexity index is 656. The molecule has 1 aromatic carbocycles. The maximum Gasteiger partial charge on any atom is 0.227 e. The third-order valence-corrected chi connectivity index (χ3v) is 3.78. The van der Waals surface area contributed by atoms with Gasteiger partial charge in [-0.3, -0.25) is 0 Å². The van der Waals surface area contributed by atoms with Crippen molar-refractivity contribution in [3.63, 3.8) is 0 Å². The second-order valence-electron chi connectivity index (χ2n) is 4.07. The molecular weight excluding hydrogens is 244 g/mol. The summed E-state index contributed by atoms with van der Waals surface area (Å²) in [6.07, 6.45) is 1.73. The molecule has 0 bridgehead atoms. The monoisotopic (exact) mass is 258 g/mol. The molecular formula is C14H14N2OS. The molecule has 1 N–H and O–H groups in total. The van der Waals surface area contributed by atoms with E-state index in [1.54, 1.807) is 17.6 Å². The first-order valence-electron chi connectivity index (χ1n) is 6.00. The van der Waals surface area contributed by atoms with Crippen molar-refractivity contribution in [3.05, 3.63) is 41.6 Å². The minimum Gasteiger partial charge on any atom is -0.444 e. The Labute approximate surface area is 109 Å². The second-order valence-corrected chi connectivity index (χ2v) is 4.98. The van der Waals surface area contributed by atoms with Gasteiger partial charge in [-0.2, -0.15) is 0 Å². The third-order valence-electron chi connectivity index (χ3n) is 2.82. The highest BCUT2D eigenvalue weighted by Gasteiger charge is 2.11. The summed E-state index contributed by atoms with van der Waals surface area (Å²) in [6, 6.07) is 8.32. The number of rotatable bonds is 4. The zero-order valence-corrected chi connectivity index (χ0v) is 11.0. The highest BCUT2D eigenvalue weighted by molar-refractivity contribution is 7.17. The molecule has 3 aromatic rings. The summed E-state index contributed by atoms with van der Waals surface area (Å²) in [6.45, 7) is 3.76.